The zero-order valence-corrected chi connectivity index (χ0v) is 17.2. The van der Waals surface area contributed by atoms with Gasteiger partial charge in [-0.2, -0.15) is 0 Å². The number of pyridine rings is 1. The topological polar surface area (TPSA) is 111 Å². The number of nitrogens with one attached hydrogen (secondary N) is 1. The van der Waals surface area contributed by atoms with Crippen molar-refractivity contribution >= 4 is 5.91 Å². The van der Waals surface area contributed by atoms with E-state index in [0.29, 0.717) is 31.0 Å². The molecule has 0 aromatic carbocycles. The molecule has 4 heterocycles. The number of carbonyl (C=O) groups is 1. The number of nitrogens with zero attached hydrogens (tertiary/aromatic N) is 4. The molecule has 3 aliphatic rings. The lowest BCUT2D eigenvalue weighted by molar-refractivity contribution is -0.130. The number of likely N-dealkylation sites (tertiary alicyclic amines) is 2. The van der Waals surface area contributed by atoms with Crippen molar-refractivity contribution in [1.29, 1.82) is 0 Å². The Kier molecular flexibility index (Phi) is 5.08. The van der Waals surface area contributed by atoms with Gasteiger partial charge >= 0.3 is 0 Å². The SMILES string of the molecule is NCC(=O)N1CCC2C1CCN2C1CCC(O)(c2ccc(-c3ncc[nH]3)cn2)CC1. The second-order valence-electron chi connectivity index (χ2n) is 8.87. The molecule has 1 aliphatic carbocycles. The Morgan fingerprint density at radius 3 is 2.63 bits per heavy atom. The van der Waals surface area contributed by atoms with Gasteiger partial charge < -0.3 is 20.7 Å². The number of rotatable bonds is 4. The Morgan fingerprint density at radius 2 is 1.97 bits per heavy atom. The number of amides is 1. The van der Waals surface area contributed by atoms with E-state index in [1.807, 2.05) is 17.0 Å². The third-order valence-corrected chi connectivity index (χ3v) is 7.38. The van der Waals surface area contributed by atoms with E-state index < -0.39 is 5.60 Å². The maximum absolute atomic E-state index is 12.1. The van der Waals surface area contributed by atoms with Crippen molar-refractivity contribution < 1.29 is 9.90 Å². The number of hydrogen-bond acceptors (Lipinski definition) is 6. The van der Waals surface area contributed by atoms with Crippen LogP contribution in [0.3, 0.4) is 0 Å². The minimum Gasteiger partial charge on any atom is -0.384 e. The van der Waals surface area contributed by atoms with Crippen LogP contribution in [0.15, 0.2) is 30.7 Å². The van der Waals surface area contributed by atoms with Gasteiger partial charge in [-0.3, -0.25) is 14.7 Å². The molecule has 1 saturated carbocycles. The molecule has 2 aliphatic heterocycles. The molecule has 4 N–H and O–H groups in total. The van der Waals surface area contributed by atoms with Gasteiger partial charge in [0.05, 0.1) is 12.2 Å². The fourth-order valence-corrected chi connectivity index (χ4v) is 5.80. The molecule has 30 heavy (non-hydrogen) atoms. The minimum atomic E-state index is -0.867. The number of H-pyrrole nitrogens is 1. The minimum absolute atomic E-state index is 0.0754. The Hall–Kier alpha value is -2.29. The number of aromatic nitrogens is 3. The average Bonchev–Trinajstić information content (AvgIpc) is 3.52. The van der Waals surface area contributed by atoms with E-state index in [-0.39, 0.29) is 12.5 Å². The number of aromatic amines is 1. The fraction of sp³-hybridized carbons (Fsp3) is 0.591. The lowest BCUT2D eigenvalue weighted by Crippen LogP contribution is -2.47. The maximum Gasteiger partial charge on any atom is 0.236 e. The molecule has 160 valence electrons. The summed E-state index contributed by atoms with van der Waals surface area (Å²) in [5.41, 5.74) is 6.39. The molecule has 8 nitrogen and oxygen atoms in total. The molecule has 2 saturated heterocycles. The van der Waals surface area contributed by atoms with Gasteiger partial charge in [-0.05, 0) is 50.7 Å². The highest BCUT2D eigenvalue weighted by molar-refractivity contribution is 5.78. The molecule has 1 amide bonds. The van der Waals surface area contributed by atoms with Crippen LogP contribution in [0.5, 0.6) is 0 Å². The van der Waals surface area contributed by atoms with Crippen molar-refractivity contribution in [2.75, 3.05) is 19.6 Å². The van der Waals surface area contributed by atoms with Crippen LogP contribution < -0.4 is 5.73 Å². The number of carbonyl (C=O) groups excluding carboxylic acids is 1. The number of fused-ring (bicyclic) bond motifs is 1. The van der Waals surface area contributed by atoms with E-state index >= 15 is 0 Å². The van der Waals surface area contributed by atoms with Crippen molar-refractivity contribution in [2.24, 2.45) is 5.73 Å². The number of imidazole rings is 1. The summed E-state index contributed by atoms with van der Waals surface area (Å²) in [5, 5.41) is 11.3. The first-order valence-electron chi connectivity index (χ1n) is 11.0. The highest BCUT2D eigenvalue weighted by Crippen LogP contribution is 2.42. The molecule has 2 unspecified atom stereocenters. The second-order valence-corrected chi connectivity index (χ2v) is 8.87. The average molecular weight is 411 g/mol. The van der Waals surface area contributed by atoms with Crippen LogP contribution in [0.25, 0.3) is 11.4 Å². The quantitative estimate of drug-likeness (QED) is 0.699. The van der Waals surface area contributed by atoms with Crippen molar-refractivity contribution in [3.63, 3.8) is 0 Å². The highest BCUT2D eigenvalue weighted by Gasteiger charge is 2.47. The van der Waals surface area contributed by atoms with E-state index in [9.17, 15) is 9.90 Å². The molecule has 0 bridgehead atoms. The summed E-state index contributed by atoms with van der Waals surface area (Å²) in [6, 6.07) is 5.13. The third-order valence-electron chi connectivity index (χ3n) is 7.38. The van der Waals surface area contributed by atoms with Crippen LogP contribution in [0.2, 0.25) is 0 Å². The molecular formula is C22H30N6O2. The summed E-state index contributed by atoms with van der Waals surface area (Å²) in [7, 11) is 0. The van der Waals surface area contributed by atoms with Gasteiger partial charge in [0.25, 0.3) is 0 Å². The van der Waals surface area contributed by atoms with E-state index in [1.165, 1.54) is 0 Å². The van der Waals surface area contributed by atoms with Crippen molar-refractivity contribution in [1.82, 2.24) is 24.8 Å². The summed E-state index contributed by atoms with van der Waals surface area (Å²) >= 11 is 0. The third kappa shape index (κ3) is 3.33. The maximum atomic E-state index is 12.1. The smallest absolute Gasteiger partial charge is 0.236 e. The van der Waals surface area contributed by atoms with E-state index in [1.54, 1.807) is 18.6 Å². The zero-order chi connectivity index (χ0) is 20.7. The van der Waals surface area contributed by atoms with Gasteiger partial charge in [-0.1, -0.05) is 0 Å². The first-order valence-corrected chi connectivity index (χ1v) is 11.0. The molecular weight excluding hydrogens is 380 g/mol. The Bertz CT molecular complexity index is 876. The normalized spacial score (nSPS) is 31.8. The standard InChI is InChI=1S/C22H30N6O2/c23-13-20(29)28-12-6-17-18(28)5-11-27(17)16-3-7-22(30,8-4-16)19-2-1-15(14-26-19)21-24-9-10-25-21/h1-2,9-10,14,16-18,30H,3-8,11-13,23H2,(H,24,25). The van der Waals surface area contributed by atoms with Gasteiger partial charge in [0.15, 0.2) is 0 Å². The largest absolute Gasteiger partial charge is 0.384 e. The molecule has 2 aromatic heterocycles. The van der Waals surface area contributed by atoms with Crippen molar-refractivity contribution in [3.05, 3.63) is 36.4 Å². The van der Waals surface area contributed by atoms with Gasteiger partial charge in [-0.25, -0.2) is 4.98 Å². The van der Waals surface area contributed by atoms with E-state index in [4.69, 9.17) is 5.73 Å². The first kappa shape index (κ1) is 19.7. The molecule has 0 radical (unpaired) electrons. The van der Waals surface area contributed by atoms with Crippen molar-refractivity contribution in [3.8, 4) is 11.4 Å². The van der Waals surface area contributed by atoms with Crippen molar-refractivity contribution in [2.45, 2.75) is 62.3 Å². The number of nitrogens with two attached hydrogens (primary N) is 1. The number of aliphatic hydroxyl groups is 1. The lowest BCUT2D eigenvalue weighted by atomic mass is 9.79. The molecule has 0 spiro atoms. The van der Waals surface area contributed by atoms with Crippen LogP contribution >= 0.6 is 0 Å². The monoisotopic (exact) mass is 410 g/mol. The molecule has 2 atom stereocenters. The van der Waals surface area contributed by atoms with E-state index in [2.05, 4.69) is 19.9 Å². The zero-order valence-electron chi connectivity index (χ0n) is 17.2. The van der Waals surface area contributed by atoms with E-state index in [0.717, 1.165) is 55.9 Å². The Labute approximate surface area is 176 Å². The molecule has 3 fully saturated rings. The lowest BCUT2D eigenvalue weighted by Gasteiger charge is -2.41. The van der Waals surface area contributed by atoms with Gasteiger partial charge in [0.1, 0.15) is 11.4 Å². The van der Waals surface area contributed by atoms with Crippen LogP contribution in [-0.2, 0) is 10.4 Å². The van der Waals surface area contributed by atoms with Crippen LogP contribution in [0.1, 0.15) is 44.2 Å². The highest BCUT2D eigenvalue weighted by atomic mass is 16.3. The number of hydrogen-bond donors (Lipinski definition) is 3. The Balaban J connectivity index is 1.23. The van der Waals surface area contributed by atoms with Crippen LogP contribution in [0, 0.1) is 0 Å². The molecule has 5 rings (SSSR count). The summed E-state index contributed by atoms with van der Waals surface area (Å²) in [5.74, 6) is 0.860. The van der Waals surface area contributed by atoms with Crippen LogP contribution in [0.4, 0.5) is 0 Å². The van der Waals surface area contributed by atoms with Gasteiger partial charge in [0, 0.05) is 55.4 Å². The second kappa shape index (κ2) is 7.76. The predicted molar refractivity (Wildman–Crippen MR) is 112 cm³/mol. The summed E-state index contributed by atoms with van der Waals surface area (Å²) in [4.78, 5) is 28.6. The fourth-order valence-electron chi connectivity index (χ4n) is 5.80. The summed E-state index contributed by atoms with van der Waals surface area (Å²) in [6.45, 7) is 1.96. The van der Waals surface area contributed by atoms with Gasteiger partial charge in [-0.15, -0.1) is 0 Å². The summed E-state index contributed by atoms with van der Waals surface area (Å²) < 4.78 is 0. The molecule has 2 aromatic rings. The predicted octanol–water partition coefficient (Wildman–Crippen LogP) is 1.24. The van der Waals surface area contributed by atoms with Gasteiger partial charge in [0.2, 0.25) is 5.91 Å². The Morgan fingerprint density at radius 1 is 1.17 bits per heavy atom. The summed E-state index contributed by atoms with van der Waals surface area (Å²) in [6.07, 6.45) is 10.7. The first-order chi connectivity index (χ1) is 14.6. The van der Waals surface area contributed by atoms with Crippen LogP contribution in [-0.4, -0.2) is 73.5 Å². The molecule has 8 heteroatoms.